The summed E-state index contributed by atoms with van der Waals surface area (Å²) in [6, 6.07) is 7.40. The van der Waals surface area contributed by atoms with E-state index in [4.69, 9.17) is 0 Å². The molecule has 2 heterocycles. The largest absolute Gasteiger partial charge is 0.342 e. The standard InChI is InChI=1S/C18H23N3O2/c1-13-9-14(2)12-20(11-13)18(23)7-8-21-16-6-4-3-5-15(16)17(22)10-19-21/h3-6,10,13-14H,7-9,11-12H2,1-2H3. The lowest BCUT2D eigenvalue weighted by atomic mass is 9.92. The van der Waals surface area contributed by atoms with Crippen LogP contribution in [-0.4, -0.2) is 33.7 Å². The van der Waals surface area contributed by atoms with Gasteiger partial charge in [0.05, 0.1) is 18.3 Å². The number of hydrogen-bond donors (Lipinski definition) is 0. The van der Waals surface area contributed by atoms with Gasteiger partial charge < -0.3 is 4.90 Å². The Balaban J connectivity index is 1.72. The molecule has 1 aliphatic heterocycles. The van der Waals surface area contributed by atoms with Crippen molar-refractivity contribution in [3.8, 4) is 0 Å². The summed E-state index contributed by atoms with van der Waals surface area (Å²) < 4.78 is 1.76. The number of carbonyl (C=O) groups is 1. The Hall–Kier alpha value is -2.17. The number of likely N-dealkylation sites (tertiary alicyclic amines) is 1. The van der Waals surface area contributed by atoms with Crippen LogP contribution in [0.15, 0.2) is 35.3 Å². The maximum Gasteiger partial charge on any atom is 0.224 e. The molecule has 3 rings (SSSR count). The van der Waals surface area contributed by atoms with Crippen LogP contribution in [-0.2, 0) is 11.3 Å². The highest BCUT2D eigenvalue weighted by Gasteiger charge is 2.25. The molecule has 0 spiro atoms. The molecule has 0 N–H and O–H groups in total. The van der Waals surface area contributed by atoms with Crippen molar-refractivity contribution in [1.29, 1.82) is 0 Å². The molecule has 2 unspecified atom stereocenters. The molecule has 0 radical (unpaired) electrons. The smallest absolute Gasteiger partial charge is 0.224 e. The number of piperidine rings is 1. The van der Waals surface area contributed by atoms with Gasteiger partial charge in [0, 0.05) is 24.9 Å². The van der Waals surface area contributed by atoms with Gasteiger partial charge in [-0.25, -0.2) is 0 Å². The van der Waals surface area contributed by atoms with E-state index in [-0.39, 0.29) is 11.3 Å². The maximum absolute atomic E-state index is 12.5. The molecule has 23 heavy (non-hydrogen) atoms. The first kappa shape index (κ1) is 15.7. The first-order valence-corrected chi connectivity index (χ1v) is 8.27. The van der Waals surface area contributed by atoms with Crippen molar-refractivity contribution in [2.45, 2.75) is 33.2 Å². The molecule has 1 aromatic heterocycles. The fourth-order valence-electron chi connectivity index (χ4n) is 3.57. The lowest BCUT2D eigenvalue weighted by Gasteiger charge is -2.35. The van der Waals surface area contributed by atoms with Crippen molar-refractivity contribution >= 4 is 16.8 Å². The lowest BCUT2D eigenvalue weighted by Crippen LogP contribution is -2.42. The van der Waals surface area contributed by atoms with Crippen molar-refractivity contribution in [3.05, 3.63) is 40.7 Å². The second-order valence-electron chi connectivity index (χ2n) is 6.74. The van der Waals surface area contributed by atoms with Crippen LogP contribution in [0.1, 0.15) is 26.7 Å². The van der Waals surface area contributed by atoms with Crippen molar-refractivity contribution in [2.75, 3.05) is 13.1 Å². The lowest BCUT2D eigenvalue weighted by molar-refractivity contribution is -0.134. The normalized spacial score (nSPS) is 21.6. The second-order valence-corrected chi connectivity index (χ2v) is 6.74. The van der Waals surface area contributed by atoms with Gasteiger partial charge in [0.25, 0.3) is 0 Å². The summed E-state index contributed by atoms with van der Waals surface area (Å²) in [4.78, 5) is 26.3. The first-order chi connectivity index (χ1) is 11.0. The predicted octanol–water partition coefficient (Wildman–Crippen LogP) is 2.29. The van der Waals surface area contributed by atoms with Crippen molar-refractivity contribution < 1.29 is 4.79 Å². The fourth-order valence-corrected chi connectivity index (χ4v) is 3.57. The zero-order valence-electron chi connectivity index (χ0n) is 13.7. The van der Waals surface area contributed by atoms with Crippen LogP contribution in [0.4, 0.5) is 0 Å². The van der Waals surface area contributed by atoms with Crippen molar-refractivity contribution in [3.63, 3.8) is 0 Å². The highest BCUT2D eigenvalue weighted by Crippen LogP contribution is 2.21. The molecule has 1 aliphatic rings. The SMILES string of the molecule is CC1CC(C)CN(C(=O)CCn2ncc(=O)c3ccccc32)C1. The summed E-state index contributed by atoms with van der Waals surface area (Å²) in [7, 11) is 0. The van der Waals surface area contributed by atoms with E-state index in [9.17, 15) is 9.59 Å². The van der Waals surface area contributed by atoms with E-state index in [0.29, 0.717) is 30.2 Å². The zero-order chi connectivity index (χ0) is 16.4. The Morgan fingerprint density at radius 1 is 1.22 bits per heavy atom. The predicted molar refractivity (Wildman–Crippen MR) is 90.1 cm³/mol. The van der Waals surface area contributed by atoms with Gasteiger partial charge in [0.15, 0.2) is 0 Å². The number of nitrogens with zero attached hydrogens (tertiary/aromatic N) is 3. The Labute approximate surface area is 135 Å². The number of hydrogen-bond acceptors (Lipinski definition) is 3. The Bertz CT molecular complexity index is 758. The topological polar surface area (TPSA) is 55.2 Å². The molecule has 1 fully saturated rings. The van der Waals surface area contributed by atoms with Crippen LogP contribution < -0.4 is 5.43 Å². The van der Waals surface area contributed by atoms with E-state index in [1.54, 1.807) is 10.7 Å². The van der Waals surface area contributed by atoms with Crippen LogP contribution in [0.2, 0.25) is 0 Å². The van der Waals surface area contributed by atoms with Gasteiger partial charge in [-0.3, -0.25) is 14.3 Å². The number of fused-ring (bicyclic) bond motifs is 1. The Morgan fingerprint density at radius 3 is 2.65 bits per heavy atom. The molecule has 1 aromatic carbocycles. The molecule has 1 amide bonds. The van der Waals surface area contributed by atoms with Gasteiger partial charge in [0.1, 0.15) is 0 Å². The molecular weight excluding hydrogens is 290 g/mol. The second kappa shape index (κ2) is 6.52. The van der Waals surface area contributed by atoms with Crippen LogP contribution in [0, 0.1) is 11.8 Å². The number of aromatic nitrogens is 2. The van der Waals surface area contributed by atoms with Crippen LogP contribution in [0.25, 0.3) is 10.9 Å². The molecule has 1 saturated heterocycles. The van der Waals surface area contributed by atoms with Gasteiger partial charge in [0.2, 0.25) is 11.3 Å². The minimum Gasteiger partial charge on any atom is -0.342 e. The third-order valence-electron chi connectivity index (χ3n) is 4.52. The zero-order valence-corrected chi connectivity index (χ0v) is 13.7. The molecule has 122 valence electrons. The minimum atomic E-state index is -0.0816. The first-order valence-electron chi connectivity index (χ1n) is 8.27. The van der Waals surface area contributed by atoms with E-state index >= 15 is 0 Å². The summed E-state index contributed by atoms with van der Waals surface area (Å²) in [6.07, 6.45) is 2.94. The molecule has 0 bridgehead atoms. The Kier molecular flexibility index (Phi) is 4.46. The molecule has 2 atom stereocenters. The minimum absolute atomic E-state index is 0.0816. The third-order valence-corrected chi connectivity index (χ3v) is 4.52. The number of aryl methyl sites for hydroxylation is 1. The summed E-state index contributed by atoms with van der Waals surface area (Å²) in [5.74, 6) is 1.30. The summed E-state index contributed by atoms with van der Waals surface area (Å²) in [5.41, 5.74) is 0.704. The number of benzene rings is 1. The summed E-state index contributed by atoms with van der Waals surface area (Å²) >= 11 is 0. The molecule has 2 aromatic rings. The molecule has 0 aliphatic carbocycles. The van der Waals surface area contributed by atoms with E-state index in [0.717, 1.165) is 18.6 Å². The Morgan fingerprint density at radius 2 is 1.91 bits per heavy atom. The van der Waals surface area contributed by atoms with Gasteiger partial charge in [-0.15, -0.1) is 0 Å². The number of amides is 1. The van der Waals surface area contributed by atoms with Gasteiger partial charge in [-0.05, 0) is 30.4 Å². The van der Waals surface area contributed by atoms with Crippen LogP contribution >= 0.6 is 0 Å². The van der Waals surface area contributed by atoms with Gasteiger partial charge in [-0.1, -0.05) is 26.0 Å². The quantitative estimate of drug-likeness (QED) is 0.873. The maximum atomic E-state index is 12.5. The average Bonchev–Trinajstić information content (AvgIpc) is 2.53. The number of rotatable bonds is 3. The average molecular weight is 313 g/mol. The van der Waals surface area contributed by atoms with Crippen LogP contribution in [0.3, 0.4) is 0 Å². The van der Waals surface area contributed by atoms with Crippen molar-refractivity contribution in [2.24, 2.45) is 11.8 Å². The molecule has 0 saturated carbocycles. The summed E-state index contributed by atoms with van der Waals surface area (Å²) in [5, 5.41) is 4.84. The highest BCUT2D eigenvalue weighted by atomic mass is 16.2. The highest BCUT2D eigenvalue weighted by molar-refractivity contribution is 5.79. The van der Waals surface area contributed by atoms with Crippen molar-refractivity contribution in [1.82, 2.24) is 14.7 Å². The molecular formula is C18H23N3O2. The van der Waals surface area contributed by atoms with E-state index in [1.807, 2.05) is 23.1 Å². The molecule has 5 nitrogen and oxygen atoms in total. The van der Waals surface area contributed by atoms with E-state index in [2.05, 4.69) is 18.9 Å². The van der Waals surface area contributed by atoms with E-state index in [1.165, 1.54) is 12.6 Å². The van der Waals surface area contributed by atoms with Gasteiger partial charge >= 0.3 is 0 Å². The molecule has 5 heteroatoms. The third kappa shape index (κ3) is 3.44. The number of carbonyl (C=O) groups excluding carboxylic acids is 1. The summed E-state index contributed by atoms with van der Waals surface area (Å²) in [6.45, 7) is 6.60. The monoisotopic (exact) mass is 313 g/mol. The number of para-hydroxylation sites is 1. The van der Waals surface area contributed by atoms with Crippen LogP contribution in [0.5, 0.6) is 0 Å². The van der Waals surface area contributed by atoms with E-state index < -0.39 is 0 Å². The fraction of sp³-hybridized carbons (Fsp3) is 0.500. The van der Waals surface area contributed by atoms with Gasteiger partial charge in [-0.2, -0.15) is 5.10 Å².